The van der Waals surface area contributed by atoms with E-state index < -0.39 is 10.0 Å². The molecule has 0 bridgehead atoms. The van der Waals surface area contributed by atoms with Gasteiger partial charge in [-0.15, -0.1) is 0 Å². The Bertz CT molecular complexity index is 828. The Morgan fingerprint density at radius 2 is 1.68 bits per heavy atom. The van der Waals surface area contributed by atoms with Gasteiger partial charge in [-0.3, -0.25) is 9.52 Å². The molecule has 2 N–H and O–H groups in total. The van der Waals surface area contributed by atoms with E-state index in [0.717, 1.165) is 12.0 Å². The molecule has 1 amide bonds. The Morgan fingerprint density at radius 3 is 2.32 bits per heavy atom. The zero-order chi connectivity index (χ0) is 18.4. The standard InChI is InChI=1S/C19H24N2O3S/c1-14(2)12-13-20-19(22)17-6-4-5-7-18(17)21-25(23,24)16-10-8-15(3)9-11-16/h4-11,14,21H,12-13H2,1-3H3,(H,20,22). The van der Waals surface area contributed by atoms with Crippen LogP contribution in [-0.4, -0.2) is 20.9 Å². The minimum atomic E-state index is -3.75. The van der Waals surface area contributed by atoms with Gasteiger partial charge in [0.2, 0.25) is 0 Å². The molecule has 0 atom stereocenters. The monoisotopic (exact) mass is 360 g/mol. The molecule has 0 unspecified atom stereocenters. The number of benzene rings is 2. The SMILES string of the molecule is Cc1ccc(S(=O)(=O)Nc2ccccc2C(=O)NCCC(C)C)cc1. The van der Waals surface area contributed by atoms with Gasteiger partial charge in [0, 0.05) is 6.54 Å². The predicted molar refractivity (Wildman–Crippen MR) is 100 cm³/mol. The van der Waals surface area contributed by atoms with Crippen LogP contribution in [0.3, 0.4) is 0 Å². The molecule has 6 heteroatoms. The molecule has 0 aliphatic rings. The summed E-state index contributed by atoms with van der Waals surface area (Å²) in [5.74, 6) is 0.193. The van der Waals surface area contributed by atoms with Crippen LogP contribution in [0.2, 0.25) is 0 Å². The van der Waals surface area contributed by atoms with Crippen LogP contribution in [0.25, 0.3) is 0 Å². The van der Waals surface area contributed by atoms with Crippen LogP contribution in [-0.2, 0) is 10.0 Å². The lowest BCUT2D eigenvalue weighted by atomic mass is 10.1. The number of carbonyl (C=O) groups excluding carboxylic acids is 1. The van der Waals surface area contributed by atoms with Crippen molar-refractivity contribution in [3.05, 3.63) is 59.7 Å². The predicted octanol–water partition coefficient (Wildman–Crippen LogP) is 3.57. The topological polar surface area (TPSA) is 75.3 Å². The molecule has 0 saturated carbocycles. The minimum Gasteiger partial charge on any atom is -0.352 e. The number of anilines is 1. The lowest BCUT2D eigenvalue weighted by Crippen LogP contribution is -2.26. The fraction of sp³-hybridized carbons (Fsp3) is 0.316. The molecule has 2 rings (SSSR count). The van der Waals surface area contributed by atoms with Crippen LogP contribution in [0.5, 0.6) is 0 Å². The Labute approximate surface area is 149 Å². The number of nitrogens with one attached hydrogen (secondary N) is 2. The summed E-state index contributed by atoms with van der Waals surface area (Å²) in [6.45, 7) is 6.60. The first-order valence-corrected chi connectivity index (χ1v) is 9.74. The van der Waals surface area contributed by atoms with E-state index in [9.17, 15) is 13.2 Å². The van der Waals surface area contributed by atoms with Gasteiger partial charge in [0.25, 0.3) is 15.9 Å². The molecule has 0 heterocycles. The fourth-order valence-electron chi connectivity index (χ4n) is 2.26. The number of carbonyl (C=O) groups is 1. The van der Waals surface area contributed by atoms with Crippen molar-refractivity contribution in [3.8, 4) is 0 Å². The van der Waals surface area contributed by atoms with Gasteiger partial charge in [-0.25, -0.2) is 8.42 Å². The molecule has 0 aliphatic carbocycles. The maximum Gasteiger partial charge on any atom is 0.261 e. The molecule has 134 valence electrons. The van der Waals surface area contributed by atoms with Gasteiger partial charge in [-0.2, -0.15) is 0 Å². The summed E-state index contributed by atoms with van der Waals surface area (Å²) in [5, 5.41) is 2.83. The second kappa shape index (κ2) is 8.16. The van der Waals surface area contributed by atoms with Gasteiger partial charge in [0.1, 0.15) is 0 Å². The van der Waals surface area contributed by atoms with E-state index in [-0.39, 0.29) is 16.5 Å². The largest absolute Gasteiger partial charge is 0.352 e. The normalized spacial score (nSPS) is 11.4. The van der Waals surface area contributed by atoms with Crippen LogP contribution in [0.1, 0.15) is 36.2 Å². The zero-order valence-corrected chi connectivity index (χ0v) is 15.6. The third-order valence-electron chi connectivity index (χ3n) is 3.75. The first-order chi connectivity index (χ1) is 11.8. The molecule has 2 aromatic rings. The average molecular weight is 360 g/mol. The van der Waals surface area contributed by atoms with E-state index in [2.05, 4.69) is 23.9 Å². The van der Waals surface area contributed by atoms with E-state index >= 15 is 0 Å². The van der Waals surface area contributed by atoms with Crippen LogP contribution in [0.15, 0.2) is 53.4 Å². The zero-order valence-electron chi connectivity index (χ0n) is 14.7. The number of amides is 1. The van der Waals surface area contributed by atoms with Gasteiger partial charge in [-0.05, 0) is 43.5 Å². The van der Waals surface area contributed by atoms with Crippen molar-refractivity contribution in [1.82, 2.24) is 5.32 Å². The van der Waals surface area contributed by atoms with Crippen molar-refractivity contribution in [1.29, 1.82) is 0 Å². The van der Waals surface area contributed by atoms with E-state index in [1.165, 1.54) is 0 Å². The maximum absolute atomic E-state index is 12.5. The van der Waals surface area contributed by atoms with Crippen LogP contribution >= 0.6 is 0 Å². The smallest absolute Gasteiger partial charge is 0.261 e. The van der Waals surface area contributed by atoms with Crippen LogP contribution in [0, 0.1) is 12.8 Å². The highest BCUT2D eigenvalue weighted by Gasteiger charge is 2.18. The van der Waals surface area contributed by atoms with Crippen molar-refractivity contribution in [2.45, 2.75) is 32.1 Å². The summed E-state index contributed by atoms with van der Waals surface area (Å²) in [7, 11) is -3.75. The number of hydrogen-bond acceptors (Lipinski definition) is 3. The van der Waals surface area contributed by atoms with Crippen molar-refractivity contribution < 1.29 is 13.2 Å². The number of rotatable bonds is 7. The summed E-state index contributed by atoms with van der Waals surface area (Å²) in [6.07, 6.45) is 0.864. The Balaban J connectivity index is 2.20. The highest BCUT2D eigenvalue weighted by Crippen LogP contribution is 2.20. The molecule has 0 fully saturated rings. The number of para-hydroxylation sites is 1. The number of aryl methyl sites for hydroxylation is 1. The van der Waals surface area contributed by atoms with Gasteiger partial charge >= 0.3 is 0 Å². The van der Waals surface area contributed by atoms with Crippen LogP contribution in [0.4, 0.5) is 5.69 Å². The molecule has 2 aromatic carbocycles. The molecule has 25 heavy (non-hydrogen) atoms. The molecule has 0 aliphatic heterocycles. The van der Waals surface area contributed by atoms with Crippen molar-refractivity contribution in [2.75, 3.05) is 11.3 Å². The lowest BCUT2D eigenvalue weighted by Gasteiger charge is -2.13. The van der Waals surface area contributed by atoms with E-state index in [1.807, 2.05) is 6.92 Å². The molecule has 0 saturated heterocycles. The highest BCUT2D eigenvalue weighted by molar-refractivity contribution is 7.92. The molecule has 0 radical (unpaired) electrons. The van der Waals surface area contributed by atoms with Gasteiger partial charge in [-0.1, -0.05) is 43.7 Å². The summed E-state index contributed by atoms with van der Waals surface area (Å²) in [4.78, 5) is 12.5. The van der Waals surface area contributed by atoms with E-state index in [0.29, 0.717) is 18.0 Å². The van der Waals surface area contributed by atoms with Gasteiger partial charge in [0.05, 0.1) is 16.1 Å². The summed E-state index contributed by atoms with van der Waals surface area (Å²) in [6, 6.07) is 13.2. The average Bonchev–Trinajstić information content (AvgIpc) is 2.55. The van der Waals surface area contributed by atoms with E-state index in [4.69, 9.17) is 0 Å². The molecule has 5 nitrogen and oxygen atoms in total. The van der Waals surface area contributed by atoms with Crippen molar-refractivity contribution in [2.24, 2.45) is 5.92 Å². The minimum absolute atomic E-state index is 0.160. The second-order valence-corrected chi connectivity index (χ2v) is 8.08. The van der Waals surface area contributed by atoms with Gasteiger partial charge < -0.3 is 5.32 Å². The third kappa shape index (κ3) is 5.32. The van der Waals surface area contributed by atoms with Crippen molar-refractivity contribution in [3.63, 3.8) is 0 Å². The molecule has 0 aromatic heterocycles. The maximum atomic E-state index is 12.5. The fourth-order valence-corrected chi connectivity index (χ4v) is 3.34. The van der Waals surface area contributed by atoms with Crippen LogP contribution < -0.4 is 10.0 Å². The van der Waals surface area contributed by atoms with Gasteiger partial charge in [0.15, 0.2) is 0 Å². The summed E-state index contributed by atoms with van der Waals surface area (Å²) in [5.41, 5.74) is 1.55. The molecular weight excluding hydrogens is 336 g/mol. The highest BCUT2D eigenvalue weighted by atomic mass is 32.2. The third-order valence-corrected chi connectivity index (χ3v) is 5.14. The summed E-state index contributed by atoms with van der Waals surface area (Å²) < 4.78 is 27.6. The second-order valence-electron chi connectivity index (χ2n) is 6.40. The number of hydrogen-bond donors (Lipinski definition) is 2. The first kappa shape index (κ1) is 19.0. The Kier molecular flexibility index (Phi) is 6.20. The Morgan fingerprint density at radius 1 is 1.04 bits per heavy atom. The van der Waals surface area contributed by atoms with Crippen molar-refractivity contribution >= 4 is 21.6 Å². The summed E-state index contributed by atoms with van der Waals surface area (Å²) >= 11 is 0. The quantitative estimate of drug-likeness (QED) is 0.792. The molecular formula is C19H24N2O3S. The Hall–Kier alpha value is -2.34. The van der Waals surface area contributed by atoms with E-state index in [1.54, 1.807) is 48.5 Å². The lowest BCUT2D eigenvalue weighted by molar-refractivity contribution is 0.0953. The number of sulfonamides is 1. The first-order valence-electron chi connectivity index (χ1n) is 8.26. The molecule has 0 spiro atoms.